The van der Waals surface area contributed by atoms with E-state index in [2.05, 4.69) is 5.32 Å². The number of fused-ring (bicyclic) bond motifs is 1. The first-order chi connectivity index (χ1) is 14.1. The summed E-state index contributed by atoms with van der Waals surface area (Å²) in [7, 11) is 0. The van der Waals surface area contributed by atoms with Crippen LogP contribution in [0.3, 0.4) is 0 Å². The SMILES string of the molecule is Cc1ccc2occ(/C=C/C(=O)NC3CCCCCCCCCCC3)c(=O)c2c1. The fourth-order valence-corrected chi connectivity index (χ4v) is 4.10. The van der Waals surface area contributed by atoms with Crippen LogP contribution in [0.2, 0.25) is 0 Å². The van der Waals surface area contributed by atoms with Crippen LogP contribution in [0.5, 0.6) is 0 Å². The molecule has 1 aliphatic rings. The quantitative estimate of drug-likeness (QED) is 0.658. The molecule has 1 amide bonds. The van der Waals surface area contributed by atoms with Crippen LogP contribution in [-0.4, -0.2) is 11.9 Å². The summed E-state index contributed by atoms with van der Waals surface area (Å²) in [4.78, 5) is 25.1. The van der Waals surface area contributed by atoms with Gasteiger partial charge in [0.1, 0.15) is 11.8 Å². The van der Waals surface area contributed by atoms with Crippen molar-refractivity contribution in [2.75, 3.05) is 0 Å². The van der Waals surface area contributed by atoms with Crippen LogP contribution in [-0.2, 0) is 4.79 Å². The Labute approximate surface area is 173 Å². The first kappa shape index (κ1) is 21.4. The molecule has 1 fully saturated rings. The van der Waals surface area contributed by atoms with Crippen molar-refractivity contribution in [2.45, 2.75) is 83.6 Å². The molecule has 1 aliphatic carbocycles. The molecular formula is C25H33NO3. The summed E-state index contributed by atoms with van der Waals surface area (Å²) in [6.45, 7) is 1.94. The molecule has 1 saturated carbocycles. The second-order valence-electron chi connectivity index (χ2n) is 8.32. The smallest absolute Gasteiger partial charge is 0.244 e. The molecule has 1 N–H and O–H groups in total. The van der Waals surface area contributed by atoms with E-state index in [0.717, 1.165) is 18.4 Å². The molecule has 1 aromatic heterocycles. The van der Waals surface area contributed by atoms with E-state index in [0.29, 0.717) is 16.5 Å². The first-order valence-corrected chi connectivity index (χ1v) is 11.1. The number of nitrogens with one attached hydrogen (secondary N) is 1. The van der Waals surface area contributed by atoms with Crippen LogP contribution in [0.1, 0.15) is 81.8 Å². The van der Waals surface area contributed by atoms with E-state index in [1.165, 1.54) is 70.1 Å². The molecule has 0 aliphatic heterocycles. The maximum atomic E-state index is 12.7. The van der Waals surface area contributed by atoms with Gasteiger partial charge in [-0.3, -0.25) is 9.59 Å². The fraction of sp³-hybridized carbons (Fsp3) is 0.520. The standard InChI is InChI=1S/C25H33NO3/c1-19-13-15-23-22(17-19)25(28)20(18-29-23)14-16-24(27)26-21-11-9-7-5-3-2-4-6-8-10-12-21/h13-18,21H,2-12H2,1H3,(H,26,27)/b16-14+. The van der Waals surface area contributed by atoms with Crippen LogP contribution < -0.4 is 10.7 Å². The molecule has 0 bridgehead atoms. The number of hydrogen-bond acceptors (Lipinski definition) is 3. The summed E-state index contributed by atoms with van der Waals surface area (Å²) in [5, 5.41) is 3.70. The van der Waals surface area contributed by atoms with Crippen molar-refractivity contribution in [3.8, 4) is 0 Å². The summed E-state index contributed by atoms with van der Waals surface area (Å²) in [6.07, 6.45) is 18.0. The van der Waals surface area contributed by atoms with Crippen LogP contribution in [0.25, 0.3) is 17.0 Å². The Morgan fingerprint density at radius 2 is 1.62 bits per heavy atom. The molecule has 2 aromatic rings. The van der Waals surface area contributed by atoms with Crippen molar-refractivity contribution in [1.82, 2.24) is 5.32 Å². The second-order valence-corrected chi connectivity index (χ2v) is 8.32. The average molecular weight is 396 g/mol. The third-order valence-electron chi connectivity index (χ3n) is 5.82. The Balaban J connectivity index is 1.62. The normalized spacial score (nSPS) is 17.7. The van der Waals surface area contributed by atoms with Gasteiger partial charge in [0.2, 0.25) is 5.91 Å². The summed E-state index contributed by atoms with van der Waals surface area (Å²) in [5.74, 6) is -0.133. The van der Waals surface area contributed by atoms with Gasteiger partial charge < -0.3 is 9.73 Å². The number of amides is 1. The number of carbonyl (C=O) groups excluding carboxylic acids is 1. The van der Waals surface area contributed by atoms with E-state index in [1.807, 2.05) is 19.1 Å². The van der Waals surface area contributed by atoms with Crippen molar-refractivity contribution < 1.29 is 9.21 Å². The average Bonchev–Trinajstić information content (AvgIpc) is 2.70. The highest BCUT2D eigenvalue weighted by Gasteiger charge is 2.12. The van der Waals surface area contributed by atoms with E-state index < -0.39 is 0 Å². The topological polar surface area (TPSA) is 59.3 Å². The first-order valence-electron chi connectivity index (χ1n) is 11.1. The van der Waals surface area contributed by atoms with Gasteiger partial charge in [0.25, 0.3) is 0 Å². The highest BCUT2D eigenvalue weighted by molar-refractivity contribution is 5.92. The lowest BCUT2D eigenvalue weighted by atomic mass is 9.98. The van der Waals surface area contributed by atoms with Crippen molar-refractivity contribution in [2.24, 2.45) is 0 Å². The van der Waals surface area contributed by atoms with E-state index in [-0.39, 0.29) is 17.4 Å². The van der Waals surface area contributed by atoms with E-state index in [1.54, 1.807) is 12.1 Å². The highest BCUT2D eigenvalue weighted by Crippen LogP contribution is 2.17. The zero-order valence-electron chi connectivity index (χ0n) is 17.5. The minimum absolute atomic E-state index is 0.106. The van der Waals surface area contributed by atoms with Gasteiger partial charge in [-0.15, -0.1) is 0 Å². The van der Waals surface area contributed by atoms with Gasteiger partial charge in [-0.25, -0.2) is 0 Å². The van der Waals surface area contributed by atoms with Crippen molar-refractivity contribution in [3.05, 3.63) is 51.9 Å². The molecule has 1 aromatic carbocycles. The molecule has 0 saturated heterocycles. The maximum absolute atomic E-state index is 12.7. The molecule has 29 heavy (non-hydrogen) atoms. The highest BCUT2D eigenvalue weighted by atomic mass is 16.3. The van der Waals surface area contributed by atoms with Gasteiger partial charge in [-0.05, 0) is 38.0 Å². The summed E-state index contributed by atoms with van der Waals surface area (Å²) in [5.41, 5.74) is 1.86. The number of carbonyl (C=O) groups is 1. The molecule has 1 heterocycles. The van der Waals surface area contributed by atoms with Gasteiger partial charge in [0.15, 0.2) is 5.43 Å². The minimum Gasteiger partial charge on any atom is -0.463 e. The molecule has 156 valence electrons. The predicted octanol–water partition coefficient (Wildman–Crippen LogP) is 5.90. The lowest BCUT2D eigenvalue weighted by Gasteiger charge is -2.18. The lowest BCUT2D eigenvalue weighted by Crippen LogP contribution is -2.33. The molecule has 0 spiro atoms. The van der Waals surface area contributed by atoms with Crippen molar-refractivity contribution in [1.29, 1.82) is 0 Å². The van der Waals surface area contributed by atoms with Gasteiger partial charge in [-0.2, -0.15) is 0 Å². The number of rotatable bonds is 3. The summed E-state index contributed by atoms with van der Waals surface area (Å²) >= 11 is 0. The Morgan fingerprint density at radius 3 is 2.28 bits per heavy atom. The number of hydrogen-bond donors (Lipinski definition) is 1. The Hall–Kier alpha value is -2.36. The van der Waals surface area contributed by atoms with Crippen LogP contribution in [0.15, 0.2) is 39.7 Å². The van der Waals surface area contributed by atoms with Gasteiger partial charge in [-0.1, -0.05) is 69.4 Å². The van der Waals surface area contributed by atoms with Crippen LogP contribution in [0, 0.1) is 6.92 Å². The molecule has 0 atom stereocenters. The maximum Gasteiger partial charge on any atom is 0.244 e. The lowest BCUT2D eigenvalue weighted by molar-refractivity contribution is -0.117. The third-order valence-corrected chi connectivity index (χ3v) is 5.82. The van der Waals surface area contributed by atoms with E-state index in [9.17, 15) is 9.59 Å². The van der Waals surface area contributed by atoms with E-state index >= 15 is 0 Å². The predicted molar refractivity (Wildman–Crippen MR) is 119 cm³/mol. The third kappa shape index (κ3) is 6.59. The zero-order valence-corrected chi connectivity index (χ0v) is 17.5. The molecule has 0 unspecified atom stereocenters. The fourth-order valence-electron chi connectivity index (χ4n) is 4.10. The van der Waals surface area contributed by atoms with Crippen molar-refractivity contribution >= 4 is 23.0 Å². The van der Waals surface area contributed by atoms with Crippen molar-refractivity contribution in [3.63, 3.8) is 0 Å². The van der Waals surface area contributed by atoms with Gasteiger partial charge in [0, 0.05) is 12.1 Å². The summed E-state index contributed by atoms with van der Waals surface area (Å²) in [6, 6.07) is 5.76. The summed E-state index contributed by atoms with van der Waals surface area (Å²) < 4.78 is 5.56. The Kier molecular flexibility index (Phi) is 8.09. The van der Waals surface area contributed by atoms with Gasteiger partial charge >= 0.3 is 0 Å². The second kappa shape index (κ2) is 11.0. The molecule has 4 heteroatoms. The van der Waals surface area contributed by atoms with Crippen LogP contribution in [0.4, 0.5) is 0 Å². The number of benzene rings is 1. The Bertz CT molecular complexity index is 885. The molecular weight excluding hydrogens is 362 g/mol. The number of aryl methyl sites for hydroxylation is 1. The minimum atomic E-state index is -0.133. The monoisotopic (exact) mass is 395 g/mol. The molecule has 0 radical (unpaired) electrons. The van der Waals surface area contributed by atoms with Gasteiger partial charge in [0.05, 0.1) is 10.9 Å². The zero-order chi connectivity index (χ0) is 20.5. The van der Waals surface area contributed by atoms with Crippen LogP contribution >= 0.6 is 0 Å². The Morgan fingerprint density at radius 1 is 1.00 bits per heavy atom. The van der Waals surface area contributed by atoms with E-state index in [4.69, 9.17) is 4.42 Å². The largest absolute Gasteiger partial charge is 0.463 e. The molecule has 3 rings (SSSR count). The molecule has 4 nitrogen and oxygen atoms in total.